The summed E-state index contributed by atoms with van der Waals surface area (Å²) in [6.45, 7) is 8.52. The Balaban J connectivity index is 1.91. The minimum atomic E-state index is -0.564. The van der Waals surface area contributed by atoms with Crippen LogP contribution in [0.2, 0.25) is 0 Å². The van der Waals surface area contributed by atoms with Crippen LogP contribution in [0.3, 0.4) is 0 Å². The van der Waals surface area contributed by atoms with Crippen LogP contribution >= 0.6 is 0 Å². The fourth-order valence-electron chi connectivity index (χ4n) is 3.10. The summed E-state index contributed by atoms with van der Waals surface area (Å²) in [5.74, 6) is 2.23. The normalized spacial score (nSPS) is 12.1. The first-order chi connectivity index (χ1) is 12.9. The molecular weight excluding hydrogens is 342 g/mol. The molecule has 1 N–H and O–H groups in total. The summed E-state index contributed by atoms with van der Waals surface area (Å²) in [5, 5.41) is 10.4. The Morgan fingerprint density at radius 3 is 2.22 bits per heavy atom. The fourth-order valence-corrected chi connectivity index (χ4v) is 3.10. The zero-order chi connectivity index (χ0) is 19.8. The van der Waals surface area contributed by atoms with Crippen molar-refractivity contribution >= 4 is 0 Å². The quantitative estimate of drug-likeness (QED) is 0.690. The van der Waals surface area contributed by atoms with E-state index >= 15 is 0 Å². The van der Waals surface area contributed by atoms with Gasteiger partial charge in [-0.15, -0.1) is 0 Å². The van der Waals surface area contributed by atoms with E-state index in [0.717, 1.165) is 35.5 Å². The molecule has 0 saturated heterocycles. The van der Waals surface area contributed by atoms with E-state index < -0.39 is 6.10 Å². The van der Waals surface area contributed by atoms with Gasteiger partial charge >= 0.3 is 0 Å². The van der Waals surface area contributed by atoms with E-state index in [2.05, 4.69) is 17.9 Å². The summed E-state index contributed by atoms with van der Waals surface area (Å²) in [6.07, 6.45) is -0.564. The van der Waals surface area contributed by atoms with Crippen molar-refractivity contribution < 1.29 is 19.3 Å². The lowest BCUT2D eigenvalue weighted by molar-refractivity contribution is 0.0674. The van der Waals surface area contributed by atoms with Gasteiger partial charge in [0.25, 0.3) is 0 Å². The van der Waals surface area contributed by atoms with E-state index in [0.29, 0.717) is 18.0 Å². The zero-order valence-electron chi connectivity index (χ0n) is 17.0. The van der Waals surface area contributed by atoms with Gasteiger partial charge in [0.05, 0.1) is 14.2 Å². The van der Waals surface area contributed by atoms with Crippen molar-refractivity contribution in [1.29, 1.82) is 0 Å². The molecule has 5 nitrogen and oxygen atoms in total. The number of aryl methyl sites for hydroxylation is 2. The highest BCUT2D eigenvalue weighted by atomic mass is 16.5. The molecule has 2 aromatic rings. The highest BCUT2D eigenvalue weighted by Crippen LogP contribution is 2.28. The van der Waals surface area contributed by atoms with Crippen LogP contribution < -0.4 is 14.2 Å². The molecule has 0 fully saturated rings. The number of aliphatic hydroxyl groups excluding tert-OH is 1. The second-order valence-electron chi connectivity index (χ2n) is 6.81. The standard InChI is InChI=1S/C22H31NO4/c1-6-23(13-18-7-8-21(25-4)22(12-18)26-5)14-19(24)15-27-20-10-16(2)9-17(3)11-20/h7-12,19,24H,6,13-15H2,1-5H3. The Morgan fingerprint density at radius 2 is 1.63 bits per heavy atom. The van der Waals surface area contributed by atoms with Crippen LogP contribution in [0.4, 0.5) is 0 Å². The summed E-state index contributed by atoms with van der Waals surface area (Å²) in [4.78, 5) is 2.18. The number of ether oxygens (including phenoxy) is 3. The van der Waals surface area contributed by atoms with Crippen LogP contribution in [0, 0.1) is 13.8 Å². The predicted octanol–water partition coefficient (Wildman–Crippen LogP) is 3.58. The van der Waals surface area contributed by atoms with E-state index in [1.54, 1.807) is 14.2 Å². The second-order valence-corrected chi connectivity index (χ2v) is 6.81. The Labute approximate surface area is 162 Å². The molecule has 0 aromatic heterocycles. The van der Waals surface area contributed by atoms with E-state index in [9.17, 15) is 5.11 Å². The Kier molecular flexibility index (Phi) is 7.95. The molecule has 0 aliphatic carbocycles. The molecule has 0 aliphatic rings. The molecule has 27 heavy (non-hydrogen) atoms. The molecule has 148 valence electrons. The summed E-state index contributed by atoms with van der Waals surface area (Å²) in [5.41, 5.74) is 3.42. The second kappa shape index (κ2) is 10.2. The molecule has 1 atom stereocenters. The summed E-state index contributed by atoms with van der Waals surface area (Å²) in [7, 11) is 3.26. The Bertz CT molecular complexity index is 712. The van der Waals surface area contributed by atoms with E-state index in [4.69, 9.17) is 14.2 Å². The van der Waals surface area contributed by atoms with Gasteiger partial charge in [-0.05, 0) is 61.3 Å². The van der Waals surface area contributed by atoms with Crippen molar-refractivity contribution in [2.75, 3.05) is 33.9 Å². The van der Waals surface area contributed by atoms with Gasteiger partial charge in [-0.2, -0.15) is 0 Å². The number of likely N-dealkylation sites (N-methyl/N-ethyl adjacent to an activating group) is 1. The third-order valence-corrected chi connectivity index (χ3v) is 4.41. The number of methoxy groups -OCH3 is 2. The smallest absolute Gasteiger partial charge is 0.161 e. The average Bonchev–Trinajstić information content (AvgIpc) is 2.65. The van der Waals surface area contributed by atoms with E-state index in [1.807, 2.05) is 44.2 Å². The van der Waals surface area contributed by atoms with Crippen LogP contribution in [0.1, 0.15) is 23.6 Å². The third-order valence-electron chi connectivity index (χ3n) is 4.41. The van der Waals surface area contributed by atoms with Crippen molar-refractivity contribution in [3.63, 3.8) is 0 Å². The minimum absolute atomic E-state index is 0.269. The monoisotopic (exact) mass is 373 g/mol. The lowest BCUT2D eigenvalue weighted by atomic mass is 10.1. The van der Waals surface area contributed by atoms with Crippen molar-refractivity contribution in [3.05, 3.63) is 53.1 Å². The van der Waals surface area contributed by atoms with Gasteiger partial charge in [0.2, 0.25) is 0 Å². The van der Waals surface area contributed by atoms with Gasteiger partial charge in [0.15, 0.2) is 11.5 Å². The molecule has 5 heteroatoms. The first kappa shape index (κ1) is 21.1. The van der Waals surface area contributed by atoms with Gasteiger partial charge in [-0.3, -0.25) is 4.90 Å². The largest absolute Gasteiger partial charge is 0.493 e. The maximum absolute atomic E-state index is 10.4. The summed E-state index contributed by atoms with van der Waals surface area (Å²) < 4.78 is 16.4. The molecule has 0 saturated carbocycles. The van der Waals surface area contributed by atoms with Crippen LogP contribution in [0.25, 0.3) is 0 Å². The topological polar surface area (TPSA) is 51.2 Å². The van der Waals surface area contributed by atoms with Crippen molar-refractivity contribution in [2.24, 2.45) is 0 Å². The minimum Gasteiger partial charge on any atom is -0.493 e. The maximum Gasteiger partial charge on any atom is 0.161 e. The van der Waals surface area contributed by atoms with Gasteiger partial charge in [-0.25, -0.2) is 0 Å². The van der Waals surface area contributed by atoms with Crippen LogP contribution in [0.15, 0.2) is 36.4 Å². The van der Waals surface area contributed by atoms with Gasteiger partial charge in [-0.1, -0.05) is 19.1 Å². The van der Waals surface area contributed by atoms with Crippen LogP contribution in [-0.2, 0) is 6.54 Å². The number of rotatable bonds is 10. The fraction of sp³-hybridized carbons (Fsp3) is 0.455. The number of hydrogen-bond acceptors (Lipinski definition) is 5. The van der Waals surface area contributed by atoms with Gasteiger partial charge < -0.3 is 19.3 Å². The molecule has 1 unspecified atom stereocenters. The van der Waals surface area contributed by atoms with Gasteiger partial charge in [0.1, 0.15) is 18.5 Å². The number of hydrogen-bond donors (Lipinski definition) is 1. The first-order valence-electron chi connectivity index (χ1n) is 9.27. The molecular formula is C22H31NO4. The average molecular weight is 373 g/mol. The molecule has 0 amide bonds. The molecule has 0 heterocycles. The van der Waals surface area contributed by atoms with E-state index in [-0.39, 0.29) is 6.61 Å². The van der Waals surface area contributed by atoms with Crippen LogP contribution in [0.5, 0.6) is 17.2 Å². The highest BCUT2D eigenvalue weighted by molar-refractivity contribution is 5.42. The maximum atomic E-state index is 10.4. The Morgan fingerprint density at radius 1 is 0.963 bits per heavy atom. The predicted molar refractivity (Wildman–Crippen MR) is 108 cm³/mol. The van der Waals surface area contributed by atoms with Crippen molar-refractivity contribution in [1.82, 2.24) is 4.90 Å². The molecule has 2 rings (SSSR count). The van der Waals surface area contributed by atoms with Crippen molar-refractivity contribution in [2.45, 2.75) is 33.4 Å². The summed E-state index contributed by atoms with van der Waals surface area (Å²) >= 11 is 0. The number of benzene rings is 2. The molecule has 0 bridgehead atoms. The molecule has 2 aromatic carbocycles. The Hall–Kier alpha value is -2.24. The molecule has 0 radical (unpaired) electrons. The number of aliphatic hydroxyl groups is 1. The molecule has 0 aliphatic heterocycles. The summed E-state index contributed by atoms with van der Waals surface area (Å²) in [6, 6.07) is 12.0. The highest BCUT2D eigenvalue weighted by Gasteiger charge is 2.13. The number of nitrogens with zero attached hydrogens (tertiary/aromatic N) is 1. The zero-order valence-corrected chi connectivity index (χ0v) is 17.0. The molecule has 0 spiro atoms. The van der Waals surface area contributed by atoms with E-state index in [1.165, 1.54) is 0 Å². The van der Waals surface area contributed by atoms with Gasteiger partial charge in [0, 0.05) is 13.1 Å². The van der Waals surface area contributed by atoms with Crippen molar-refractivity contribution in [3.8, 4) is 17.2 Å². The lowest BCUT2D eigenvalue weighted by Gasteiger charge is -2.24. The first-order valence-corrected chi connectivity index (χ1v) is 9.27. The lowest BCUT2D eigenvalue weighted by Crippen LogP contribution is -2.35. The van der Waals surface area contributed by atoms with Crippen LogP contribution in [-0.4, -0.2) is 50.0 Å². The SMILES string of the molecule is CCN(Cc1ccc(OC)c(OC)c1)CC(O)COc1cc(C)cc(C)c1. The third kappa shape index (κ3) is 6.45.